The zero-order chi connectivity index (χ0) is 14.8. The summed E-state index contributed by atoms with van der Waals surface area (Å²) in [5.74, 6) is -1.97. The van der Waals surface area contributed by atoms with Crippen LogP contribution < -0.4 is 0 Å². The molecule has 105 valence electrons. The maximum atomic E-state index is 12.4. The molecule has 0 saturated carbocycles. The van der Waals surface area contributed by atoms with Crippen LogP contribution in [0.25, 0.3) is 0 Å². The fourth-order valence-electron chi connectivity index (χ4n) is 1.52. The first-order valence-corrected chi connectivity index (χ1v) is 5.57. The molecule has 0 spiro atoms. The second kappa shape index (κ2) is 5.79. The predicted molar refractivity (Wildman–Crippen MR) is 62.4 cm³/mol. The van der Waals surface area contributed by atoms with E-state index in [0.717, 1.165) is 0 Å². The molecule has 1 aromatic rings. The summed E-state index contributed by atoms with van der Waals surface area (Å²) in [7, 11) is 1.18. The number of hydrogen-bond donors (Lipinski definition) is 1. The van der Waals surface area contributed by atoms with E-state index in [-0.39, 0.29) is 16.1 Å². The normalized spacial score (nSPS) is 13.5. The van der Waals surface area contributed by atoms with Crippen LogP contribution in [0.15, 0.2) is 18.2 Å². The largest absolute Gasteiger partial charge is 0.465 e. The van der Waals surface area contributed by atoms with Crippen molar-refractivity contribution in [3.8, 4) is 0 Å². The molecule has 1 radical (unpaired) electrons. The summed E-state index contributed by atoms with van der Waals surface area (Å²) in [5.41, 5.74) is 0.194. The van der Waals surface area contributed by atoms with E-state index in [1.54, 1.807) is 0 Å². The van der Waals surface area contributed by atoms with E-state index >= 15 is 0 Å². The number of methoxy groups -OCH3 is 1. The zero-order valence-electron chi connectivity index (χ0n) is 10.1. The summed E-state index contributed by atoms with van der Waals surface area (Å²) in [6.45, 7) is 1.17. The molecule has 1 atom stereocenters. The average Bonchev–Trinajstić information content (AvgIpc) is 2.34. The van der Waals surface area contributed by atoms with Gasteiger partial charge < -0.3 is 9.84 Å². The Hall–Kier alpha value is -1.27. The highest BCUT2D eigenvalue weighted by atomic mass is 35.5. The second-order valence-corrected chi connectivity index (χ2v) is 4.24. The summed E-state index contributed by atoms with van der Waals surface area (Å²) in [5, 5.41) is 9.05. The number of rotatable bonds is 3. The van der Waals surface area contributed by atoms with Gasteiger partial charge in [0.15, 0.2) is 0 Å². The van der Waals surface area contributed by atoms with Crippen molar-refractivity contribution in [1.82, 2.24) is 0 Å². The van der Waals surface area contributed by atoms with Crippen molar-refractivity contribution < 1.29 is 27.8 Å². The molecular weight excluding hydrogens is 285 g/mol. The third-order valence-corrected chi connectivity index (χ3v) is 2.92. The average molecular weight is 296 g/mol. The van der Waals surface area contributed by atoms with E-state index in [2.05, 4.69) is 4.74 Å². The summed E-state index contributed by atoms with van der Waals surface area (Å²) >= 11 is 5.82. The van der Waals surface area contributed by atoms with E-state index in [9.17, 15) is 18.0 Å². The second-order valence-electron chi connectivity index (χ2n) is 3.83. The molecule has 3 nitrogen and oxygen atoms in total. The minimum Gasteiger partial charge on any atom is -0.465 e. The molecule has 0 aromatic heterocycles. The van der Waals surface area contributed by atoms with Gasteiger partial charge in [-0.25, -0.2) is 4.79 Å². The summed E-state index contributed by atoms with van der Waals surface area (Å²) in [6.07, 6.45) is -6.45. The Bertz CT molecular complexity index is 474. The number of benzene rings is 1. The van der Waals surface area contributed by atoms with Crippen LogP contribution >= 0.6 is 11.6 Å². The van der Waals surface area contributed by atoms with Crippen LogP contribution in [0.3, 0.4) is 0 Å². The standard InChI is InChI=1S/C12H11ClF3O3/c1-6(10(17)12(14,15)16)8-4-3-7(5-9(8)13)11(18)19-2/h3-6,17H,1-2H3. The number of hydrogen-bond acceptors (Lipinski definition) is 3. The number of carbonyl (C=O) groups excluding carboxylic acids is 1. The third-order valence-electron chi connectivity index (χ3n) is 2.59. The van der Waals surface area contributed by atoms with Gasteiger partial charge in [-0.15, -0.1) is 0 Å². The lowest BCUT2D eigenvalue weighted by Gasteiger charge is -2.21. The minimum atomic E-state index is -4.82. The molecule has 0 heterocycles. The molecule has 1 rings (SSSR count). The van der Waals surface area contributed by atoms with Crippen molar-refractivity contribution in [3.05, 3.63) is 40.5 Å². The lowest BCUT2D eigenvalue weighted by atomic mass is 9.94. The Morgan fingerprint density at radius 1 is 1.42 bits per heavy atom. The lowest BCUT2D eigenvalue weighted by Crippen LogP contribution is -2.25. The molecule has 1 N–H and O–H groups in total. The molecule has 0 amide bonds. The molecule has 19 heavy (non-hydrogen) atoms. The minimum absolute atomic E-state index is 0.0498. The van der Waals surface area contributed by atoms with Gasteiger partial charge in [-0.05, 0) is 17.7 Å². The number of alkyl halides is 3. The van der Waals surface area contributed by atoms with Crippen molar-refractivity contribution >= 4 is 17.6 Å². The quantitative estimate of drug-likeness (QED) is 0.865. The highest BCUT2D eigenvalue weighted by Crippen LogP contribution is 2.39. The number of esters is 1. The van der Waals surface area contributed by atoms with Gasteiger partial charge in [-0.2, -0.15) is 13.2 Å². The van der Waals surface area contributed by atoms with E-state index < -0.39 is 24.2 Å². The Morgan fingerprint density at radius 3 is 2.42 bits per heavy atom. The lowest BCUT2D eigenvalue weighted by molar-refractivity contribution is -0.159. The molecule has 0 fully saturated rings. The molecule has 0 bridgehead atoms. The fourth-order valence-corrected chi connectivity index (χ4v) is 1.86. The van der Waals surface area contributed by atoms with Crippen LogP contribution in [0.5, 0.6) is 0 Å². The van der Waals surface area contributed by atoms with Gasteiger partial charge in [0.2, 0.25) is 6.10 Å². The van der Waals surface area contributed by atoms with Crippen LogP contribution in [-0.4, -0.2) is 24.4 Å². The Balaban J connectivity index is 3.06. The Morgan fingerprint density at radius 2 is 2.00 bits per heavy atom. The first-order chi connectivity index (χ1) is 8.68. The summed E-state index contributed by atoms with van der Waals surface area (Å²) in [4.78, 5) is 11.2. The van der Waals surface area contributed by atoms with Crippen molar-refractivity contribution in [2.24, 2.45) is 0 Å². The van der Waals surface area contributed by atoms with Gasteiger partial charge in [0.25, 0.3) is 0 Å². The van der Waals surface area contributed by atoms with Crippen molar-refractivity contribution in [2.75, 3.05) is 7.11 Å². The SMILES string of the molecule is COC(=O)c1ccc(C(C)[C](O)C(F)(F)F)c(Cl)c1. The molecule has 1 unspecified atom stereocenters. The van der Waals surface area contributed by atoms with E-state index in [1.165, 1.54) is 32.2 Å². The van der Waals surface area contributed by atoms with Crippen molar-refractivity contribution in [3.63, 3.8) is 0 Å². The van der Waals surface area contributed by atoms with Gasteiger partial charge in [-0.1, -0.05) is 24.6 Å². The van der Waals surface area contributed by atoms with Gasteiger partial charge >= 0.3 is 12.1 Å². The van der Waals surface area contributed by atoms with Gasteiger partial charge in [0.1, 0.15) is 0 Å². The number of carbonyl (C=O) groups is 1. The number of ether oxygens (including phenoxy) is 1. The monoisotopic (exact) mass is 295 g/mol. The molecule has 1 aromatic carbocycles. The zero-order valence-corrected chi connectivity index (χ0v) is 10.8. The molecule has 0 saturated heterocycles. The first kappa shape index (κ1) is 15.8. The van der Waals surface area contributed by atoms with Crippen LogP contribution in [0.4, 0.5) is 13.2 Å². The molecule has 7 heteroatoms. The summed E-state index contributed by atoms with van der Waals surface area (Å²) in [6, 6.07) is 3.73. The van der Waals surface area contributed by atoms with Crippen LogP contribution in [0.1, 0.15) is 28.8 Å². The van der Waals surface area contributed by atoms with E-state index in [0.29, 0.717) is 0 Å². The van der Waals surface area contributed by atoms with E-state index in [1.807, 2.05) is 0 Å². The topological polar surface area (TPSA) is 46.5 Å². The predicted octanol–water partition coefficient (Wildman–Crippen LogP) is 3.70. The molecule has 0 aliphatic rings. The number of aliphatic hydroxyl groups excluding tert-OH is 1. The van der Waals surface area contributed by atoms with E-state index in [4.69, 9.17) is 16.7 Å². The maximum Gasteiger partial charge on any atom is 0.421 e. The Labute approximate surface area is 112 Å². The van der Waals surface area contributed by atoms with Gasteiger partial charge in [-0.3, -0.25) is 0 Å². The number of halogens is 4. The molecule has 0 aliphatic heterocycles. The Kier molecular flexibility index (Phi) is 4.81. The smallest absolute Gasteiger partial charge is 0.421 e. The fraction of sp³-hybridized carbons (Fsp3) is 0.333. The van der Waals surface area contributed by atoms with Crippen LogP contribution in [0, 0.1) is 6.10 Å². The van der Waals surface area contributed by atoms with Crippen molar-refractivity contribution in [2.45, 2.75) is 19.0 Å². The molecular formula is C12H11ClF3O3. The first-order valence-electron chi connectivity index (χ1n) is 5.19. The van der Waals surface area contributed by atoms with Crippen LogP contribution in [0.2, 0.25) is 5.02 Å². The third kappa shape index (κ3) is 3.61. The number of aliphatic hydroxyl groups is 1. The highest BCUT2D eigenvalue weighted by molar-refractivity contribution is 6.31. The summed E-state index contributed by atoms with van der Waals surface area (Å²) < 4.78 is 41.6. The van der Waals surface area contributed by atoms with Crippen LogP contribution in [-0.2, 0) is 4.74 Å². The molecule has 0 aliphatic carbocycles. The highest BCUT2D eigenvalue weighted by Gasteiger charge is 2.44. The maximum absolute atomic E-state index is 12.4. The van der Waals surface area contributed by atoms with Gasteiger partial charge in [0, 0.05) is 10.9 Å². The van der Waals surface area contributed by atoms with Gasteiger partial charge in [0.05, 0.1) is 12.7 Å². The van der Waals surface area contributed by atoms with Crippen molar-refractivity contribution in [1.29, 1.82) is 0 Å².